The monoisotopic (exact) mass is 489 g/mol. The van der Waals surface area contributed by atoms with E-state index in [-0.39, 0.29) is 24.4 Å². The Morgan fingerprint density at radius 2 is 1.97 bits per heavy atom. The van der Waals surface area contributed by atoms with Gasteiger partial charge in [-0.1, -0.05) is 33.6 Å². The molecule has 2 aliphatic heterocycles. The van der Waals surface area contributed by atoms with Crippen molar-refractivity contribution in [2.24, 2.45) is 11.8 Å². The maximum Gasteiger partial charge on any atom is 0.320 e. The summed E-state index contributed by atoms with van der Waals surface area (Å²) in [5, 5.41) is 28.1. The number of aliphatic hydroxyl groups is 2. The number of thioether (sulfide) groups is 1. The van der Waals surface area contributed by atoms with Crippen molar-refractivity contribution in [2.75, 3.05) is 33.4 Å². The van der Waals surface area contributed by atoms with Crippen LogP contribution in [0.2, 0.25) is 0 Å². The maximum absolute atomic E-state index is 13.1. The molecule has 4 N–H and O–H groups in total. The number of likely N-dealkylation sites (N-methyl/N-ethyl adjacent to an activating group) is 1. The van der Waals surface area contributed by atoms with Gasteiger partial charge >= 0.3 is 5.97 Å². The minimum absolute atomic E-state index is 0.0498. The summed E-state index contributed by atoms with van der Waals surface area (Å²) in [6.45, 7) is 6.91. The number of carbonyl (C=O) groups is 2. The fraction of sp³-hybridized carbons (Fsp3) is 0.913. The molecule has 33 heavy (non-hydrogen) atoms. The number of piperidine rings is 1. The summed E-state index contributed by atoms with van der Waals surface area (Å²) < 4.78 is 11.6. The summed E-state index contributed by atoms with van der Waals surface area (Å²) in [4.78, 5) is 26.9. The van der Waals surface area contributed by atoms with E-state index in [1.807, 2.05) is 13.8 Å². The Bertz CT molecular complexity index is 633. The molecule has 2 saturated heterocycles. The third-order valence-electron chi connectivity index (χ3n) is 6.43. The molecule has 0 aromatic heterocycles. The van der Waals surface area contributed by atoms with E-state index < -0.39 is 41.9 Å². The van der Waals surface area contributed by atoms with Gasteiger partial charge in [0, 0.05) is 0 Å². The second-order valence-electron chi connectivity index (χ2n) is 9.84. The zero-order valence-corrected chi connectivity index (χ0v) is 21.6. The molecule has 2 rings (SSSR count). The molecule has 9 nitrogen and oxygen atoms in total. The normalized spacial score (nSPS) is 33.7. The predicted octanol–water partition coefficient (Wildman–Crippen LogP) is 0.579. The Kier molecular flexibility index (Phi) is 11.4. The Balaban J connectivity index is 2.10. The van der Waals surface area contributed by atoms with Crippen LogP contribution in [0.1, 0.15) is 46.5 Å². The van der Waals surface area contributed by atoms with Crippen LogP contribution in [0.25, 0.3) is 0 Å². The smallest absolute Gasteiger partial charge is 0.320 e. The lowest BCUT2D eigenvalue weighted by Gasteiger charge is -2.45. The van der Waals surface area contributed by atoms with Gasteiger partial charge in [-0.05, 0) is 51.6 Å². The molecule has 192 valence electrons. The zero-order valence-electron chi connectivity index (χ0n) is 20.8. The standard InChI is InChI=1S/C23H43N3O6S/c1-7-8-14-9-10-24-15(11-14)22(30)25-17(13(2)3)20-18(28)19(29)21(23(32-20)33-6)31-16(27)12-26(4)5/h13-15,17-21,23-24,28-29H,7-12H2,1-6H3,(H,25,30). The first-order chi connectivity index (χ1) is 15.6. The van der Waals surface area contributed by atoms with Crippen molar-refractivity contribution in [3.05, 3.63) is 0 Å². The summed E-state index contributed by atoms with van der Waals surface area (Å²) in [6, 6.07) is -0.790. The maximum atomic E-state index is 13.1. The van der Waals surface area contributed by atoms with E-state index in [1.165, 1.54) is 11.8 Å². The van der Waals surface area contributed by atoms with E-state index in [1.54, 1.807) is 25.3 Å². The van der Waals surface area contributed by atoms with Gasteiger partial charge in [-0.2, -0.15) is 0 Å². The fourth-order valence-electron chi connectivity index (χ4n) is 4.68. The third-order valence-corrected chi connectivity index (χ3v) is 7.28. The molecule has 2 heterocycles. The van der Waals surface area contributed by atoms with Crippen LogP contribution in [0.5, 0.6) is 0 Å². The van der Waals surface area contributed by atoms with Gasteiger partial charge in [-0.25, -0.2) is 0 Å². The summed E-state index contributed by atoms with van der Waals surface area (Å²) >= 11 is 1.30. The van der Waals surface area contributed by atoms with E-state index in [0.29, 0.717) is 5.92 Å². The Labute approximate surface area is 202 Å². The van der Waals surface area contributed by atoms with Gasteiger partial charge in [0.25, 0.3) is 0 Å². The predicted molar refractivity (Wildman–Crippen MR) is 129 cm³/mol. The number of ether oxygens (including phenoxy) is 2. The summed E-state index contributed by atoms with van der Waals surface area (Å²) in [5.41, 5.74) is -0.667. The molecule has 1 amide bonds. The van der Waals surface area contributed by atoms with Gasteiger partial charge in [-0.3, -0.25) is 14.5 Å². The number of amides is 1. The Morgan fingerprint density at radius 1 is 1.27 bits per heavy atom. The molecule has 0 spiro atoms. The molecule has 0 saturated carbocycles. The van der Waals surface area contributed by atoms with Gasteiger partial charge < -0.3 is 30.3 Å². The highest BCUT2D eigenvalue weighted by Gasteiger charge is 2.50. The minimum Gasteiger partial charge on any atom is -0.455 e. The van der Waals surface area contributed by atoms with Crippen molar-refractivity contribution in [1.82, 2.24) is 15.5 Å². The number of esters is 1. The first-order valence-corrected chi connectivity index (χ1v) is 13.3. The molecule has 0 aromatic rings. The quantitative estimate of drug-likeness (QED) is 0.327. The van der Waals surface area contributed by atoms with Crippen LogP contribution in [-0.2, 0) is 19.1 Å². The van der Waals surface area contributed by atoms with Gasteiger partial charge in [0.15, 0.2) is 6.10 Å². The lowest BCUT2D eigenvalue weighted by atomic mass is 9.86. The number of nitrogens with zero attached hydrogens (tertiary/aromatic N) is 1. The average molecular weight is 490 g/mol. The van der Waals surface area contributed by atoms with Crippen LogP contribution in [-0.4, -0.2) is 102 Å². The molecule has 2 fully saturated rings. The van der Waals surface area contributed by atoms with Crippen LogP contribution in [0, 0.1) is 11.8 Å². The Morgan fingerprint density at radius 3 is 2.55 bits per heavy atom. The van der Waals surface area contributed by atoms with E-state index in [0.717, 1.165) is 32.2 Å². The van der Waals surface area contributed by atoms with Gasteiger partial charge in [0.1, 0.15) is 23.7 Å². The van der Waals surface area contributed by atoms with Crippen LogP contribution < -0.4 is 10.6 Å². The van der Waals surface area contributed by atoms with Crippen LogP contribution in [0.4, 0.5) is 0 Å². The largest absolute Gasteiger partial charge is 0.455 e. The minimum atomic E-state index is -1.33. The van der Waals surface area contributed by atoms with Crippen molar-refractivity contribution in [3.8, 4) is 0 Å². The van der Waals surface area contributed by atoms with Crippen LogP contribution in [0.15, 0.2) is 0 Å². The van der Waals surface area contributed by atoms with E-state index in [4.69, 9.17) is 9.47 Å². The van der Waals surface area contributed by atoms with Gasteiger partial charge in [0.2, 0.25) is 5.91 Å². The molecule has 0 aromatic carbocycles. The number of hydrogen-bond acceptors (Lipinski definition) is 9. The molecule has 10 heteroatoms. The molecule has 8 unspecified atom stereocenters. The van der Waals surface area contributed by atoms with Crippen molar-refractivity contribution in [2.45, 2.75) is 88.4 Å². The first kappa shape index (κ1) is 28.3. The fourth-order valence-corrected chi connectivity index (χ4v) is 5.41. The highest BCUT2D eigenvalue weighted by Crippen LogP contribution is 2.32. The summed E-state index contributed by atoms with van der Waals surface area (Å²) in [5.74, 6) is -0.136. The summed E-state index contributed by atoms with van der Waals surface area (Å²) in [6.07, 6.45) is 1.39. The highest BCUT2D eigenvalue weighted by atomic mass is 32.2. The number of carbonyl (C=O) groups excluding carboxylic acids is 2. The van der Waals surface area contributed by atoms with Gasteiger partial charge in [0.05, 0.1) is 18.6 Å². The van der Waals surface area contributed by atoms with Crippen molar-refractivity contribution < 1.29 is 29.3 Å². The van der Waals surface area contributed by atoms with E-state index in [9.17, 15) is 19.8 Å². The Hall–Kier alpha value is -0.910. The average Bonchev–Trinajstić information content (AvgIpc) is 2.75. The SMILES string of the molecule is CCCC1CCNC(C(=O)NC(C(C)C)C2OC(SC)C(OC(=O)CN(C)C)C(O)C2O)C1. The molecule has 8 atom stereocenters. The molecule has 0 radical (unpaired) electrons. The molecule has 0 aliphatic carbocycles. The van der Waals surface area contributed by atoms with Crippen molar-refractivity contribution in [3.63, 3.8) is 0 Å². The van der Waals surface area contributed by atoms with E-state index >= 15 is 0 Å². The molecular weight excluding hydrogens is 446 g/mol. The zero-order chi connectivity index (χ0) is 24.7. The second-order valence-corrected chi connectivity index (χ2v) is 10.8. The van der Waals surface area contributed by atoms with Crippen molar-refractivity contribution >= 4 is 23.6 Å². The lowest BCUT2D eigenvalue weighted by Crippen LogP contribution is -2.65. The van der Waals surface area contributed by atoms with Crippen molar-refractivity contribution in [1.29, 1.82) is 0 Å². The number of nitrogens with one attached hydrogen (secondary N) is 2. The first-order valence-electron chi connectivity index (χ1n) is 12.0. The number of hydrogen-bond donors (Lipinski definition) is 4. The third kappa shape index (κ3) is 7.80. The molecular formula is C23H43N3O6S. The molecule has 2 aliphatic rings. The summed E-state index contributed by atoms with van der Waals surface area (Å²) in [7, 11) is 3.49. The van der Waals surface area contributed by atoms with E-state index in [2.05, 4.69) is 17.6 Å². The van der Waals surface area contributed by atoms with Crippen LogP contribution in [0.3, 0.4) is 0 Å². The van der Waals surface area contributed by atoms with Crippen LogP contribution >= 0.6 is 11.8 Å². The number of aliphatic hydroxyl groups excluding tert-OH is 2. The second kappa shape index (κ2) is 13.3. The van der Waals surface area contributed by atoms with Gasteiger partial charge in [-0.15, -0.1) is 11.8 Å². The number of rotatable bonds is 10. The lowest BCUT2D eigenvalue weighted by molar-refractivity contribution is -0.221. The topological polar surface area (TPSA) is 120 Å². The highest BCUT2D eigenvalue weighted by molar-refractivity contribution is 7.99. The molecule has 0 bridgehead atoms.